The molecule has 2 N–H and O–H groups in total. The third kappa shape index (κ3) is 2.44. The van der Waals surface area contributed by atoms with Crippen LogP contribution >= 0.6 is 22.9 Å². The maximum absolute atomic E-state index is 10.4. The summed E-state index contributed by atoms with van der Waals surface area (Å²) in [7, 11) is 0. The highest BCUT2D eigenvalue weighted by atomic mass is 35.5. The standard InChI is InChI=1S/C10H12ClNO2S/c11-7-2-1-3-8-6(7)4-9(15-8)12-5-10(13)14/h4,7,12H,1-3,5H2,(H,13,14). The van der Waals surface area contributed by atoms with Gasteiger partial charge < -0.3 is 10.4 Å². The monoisotopic (exact) mass is 245 g/mol. The van der Waals surface area contributed by atoms with E-state index in [2.05, 4.69) is 5.32 Å². The SMILES string of the molecule is O=C(O)CNc1cc2c(s1)CCCC2Cl. The topological polar surface area (TPSA) is 49.3 Å². The molecule has 5 heteroatoms. The van der Waals surface area contributed by atoms with Gasteiger partial charge in [-0.1, -0.05) is 0 Å². The number of carboxylic acids is 1. The number of rotatable bonds is 3. The van der Waals surface area contributed by atoms with E-state index in [4.69, 9.17) is 16.7 Å². The van der Waals surface area contributed by atoms with Gasteiger partial charge in [0, 0.05) is 4.88 Å². The predicted molar refractivity (Wildman–Crippen MR) is 62.0 cm³/mol. The molecule has 1 heterocycles. The van der Waals surface area contributed by atoms with Crippen LogP contribution in [0.15, 0.2) is 6.07 Å². The fourth-order valence-electron chi connectivity index (χ4n) is 1.75. The molecule has 0 spiro atoms. The van der Waals surface area contributed by atoms with Crippen molar-refractivity contribution in [2.24, 2.45) is 0 Å². The Hall–Kier alpha value is -0.740. The summed E-state index contributed by atoms with van der Waals surface area (Å²) in [6, 6.07) is 1.99. The number of hydrogen-bond acceptors (Lipinski definition) is 3. The Morgan fingerprint density at radius 3 is 3.20 bits per heavy atom. The van der Waals surface area contributed by atoms with E-state index in [0.29, 0.717) is 0 Å². The first kappa shape index (κ1) is 10.8. The summed E-state index contributed by atoms with van der Waals surface area (Å²) < 4.78 is 0. The Morgan fingerprint density at radius 1 is 1.73 bits per heavy atom. The number of anilines is 1. The highest BCUT2D eigenvalue weighted by Crippen LogP contribution is 2.41. The fraction of sp³-hybridized carbons (Fsp3) is 0.500. The second kappa shape index (κ2) is 4.41. The summed E-state index contributed by atoms with van der Waals surface area (Å²) in [5.41, 5.74) is 1.18. The number of nitrogens with one attached hydrogen (secondary N) is 1. The number of alkyl halides is 1. The number of hydrogen-bond donors (Lipinski definition) is 2. The van der Waals surface area contributed by atoms with Crippen LogP contribution in [-0.4, -0.2) is 17.6 Å². The van der Waals surface area contributed by atoms with Crippen molar-refractivity contribution >= 4 is 33.9 Å². The second-order valence-corrected chi connectivity index (χ2v) is 5.26. The number of halogens is 1. The number of carboxylic acid groups (broad SMARTS) is 1. The Kier molecular flexibility index (Phi) is 3.17. The van der Waals surface area contributed by atoms with E-state index in [1.165, 1.54) is 10.4 Å². The van der Waals surface area contributed by atoms with Gasteiger partial charge in [0.15, 0.2) is 0 Å². The van der Waals surface area contributed by atoms with E-state index in [9.17, 15) is 4.79 Å². The zero-order chi connectivity index (χ0) is 10.8. The molecule has 1 aromatic heterocycles. The van der Waals surface area contributed by atoms with Gasteiger partial charge in [-0.05, 0) is 30.9 Å². The summed E-state index contributed by atoms with van der Waals surface area (Å²) >= 11 is 7.81. The van der Waals surface area contributed by atoms with Crippen molar-refractivity contribution in [3.63, 3.8) is 0 Å². The van der Waals surface area contributed by atoms with E-state index in [1.807, 2.05) is 6.07 Å². The van der Waals surface area contributed by atoms with Crippen molar-refractivity contribution in [3.05, 3.63) is 16.5 Å². The quantitative estimate of drug-likeness (QED) is 0.805. The van der Waals surface area contributed by atoms with Crippen LogP contribution in [0.1, 0.15) is 28.7 Å². The third-order valence-electron chi connectivity index (χ3n) is 2.45. The largest absolute Gasteiger partial charge is 0.480 e. The van der Waals surface area contributed by atoms with Crippen LogP contribution < -0.4 is 5.32 Å². The Morgan fingerprint density at radius 2 is 2.53 bits per heavy atom. The minimum atomic E-state index is -0.844. The smallest absolute Gasteiger partial charge is 0.322 e. The Balaban J connectivity index is 2.11. The second-order valence-electron chi connectivity index (χ2n) is 3.60. The van der Waals surface area contributed by atoms with E-state index in [1.54, 1.807) is 11.3 Å². The third-order valence-corrected chi connectivity index (χ3v) is 4.08. The average Bonchev–Trinajstić information content (AvgIpc) is 2.59. The maximum Gasteiger partial charge on any atom is 0.322 e. The first-order valence-electron chi connectivity index (χ1n) is 4.89. The lowest BCUT2D eigenvalue weighted by Crippen LogP contribution is -2.11. The summed E-state index contributed by atoms with van der Waals surface area (Å²) in [6.45, 7) is -0.0354. The van der Waals surface area contributed by atoms with Crippen molar-refractivity contribution in [3.8, 4) is 0 Å². The number of aryl methyl sites for hydroxylation is 1. The predicted octanol–water partition coefficient (Wildman–Crippen LogP) is 2.86. The van der Waals surface area contributed by atoms with Crippen molar-refractivity contribution in [2.75, 3.05) is 11.9 Å². The summed E-state index contributed by atoms with van der Waals surface area (Å²) in [6.07, 6.45) is 3.21. The lowest BCUT2D eigenvalue weighted by Gasteiger charge is -2.15. The lowest BCUT2D eigenvalue weighted by atomic mass is 9.99. The molecule has 0 bridgehead atoms. The lowest BCUT2D eigenvalue weighted by molar-refractivity contribution is -0.134. The van der Waals surface area contributed by atoms with Gasteiger partial charge in [0.05, 0.1) is 10.4 Å². The van der Waals surface area contributed by atoms with Crippen LogP contribution in [-0.2, 0) is 11.2 Å². The molecule has 0 fully saturated rings. The fourth-order valence-corrected chi connectivity index (χ4v) is 3.33. The molecule has 1 unspecified atom stereocenters. The van der Waals surface area contributed by atoms with Crippen LogP contribution in [0.3, 0.4) is 0 Å². The van der Waals surface area contributed by atoms with Crippen LogP contribution in [0.2, 0.25) is 0 Å². The van der Waals surface area contributed by atoms with Gasteiger partial charge in [0.1, 0.15) is 6.54 Å². The molecule has 1 atom stereocenters. The number of carbonyl (C=O) groups is 1. The highest BCUT2D eigenvalue weighted by Gasteiger charge is 2.20. The van der Waals surface area contributed by atoms with Crippen LogP contribution in [0.25, 0.3) is 0 Å². The minimum absolute atomic E-state index is 0.0354. The highest BCUT2D eigenvalue weighted by molar-refractivity contribution is 7.16. The van der Waals surface area contributed by atoms with E-state index in [-0.39, 0.29) is 11.9 Å². The Bertz CT molecular complexity index is 377. The van der Waals surface area contributed by atoms with Crippen LogP contribution in [0, 0.1) is 0 Å². The maximum atomic E-state index is 10.4. The number of fused-ring (bicyclic) bond motifs is 1. The average molecular weight is 246 g/mol. The molecule has 0 radical (unpaired) electrons. The van der Waals surface area contributed by atoms with Gasteiger partial charge in [0.25, 0.3) is 0 Å². The first-order chi connectivity index (χ1) is 7.16. The Labute approximate surface area is 97.1 Å². The molecule has 0 aromatic carbocycles. The van der Waals surface area contributed by atoms with Crippen LogP contribution in [0.5, 0.6) is 0 Å². The van der Waals surface area contributed by atoms with E-state index >= 15 is 0 Å². The van der Waals surface area contributed by atoms with Gasteiger partial charge >= 0.3 is 5.97 Å². The zero-order valence-corrected chi connectivity index (χ0v) is 9.70. The van der Waals surface area contributed by atoms with Gasteiger partial charge in [-0.15, -0.1) is 22.9 Å². The van der Waals surface area contributed by atoms with E-state index < -0.39 is 5.97 Å². The normalized spacial score (nSPS) is 19.7. The van der Waals surface area contributed by atoms with Crippen molar-refractivity contribution in [1.29, 1.82) is 0 Å². The van der Waals surface area contributed by atoms with E-state index in [0.717, 1.165) is 24.3 Å². The van der Waals surface area contributed by atoms with Gasteiger partial charge in [-0.2, -0.15) is 0 Å². The summed E-state index contributed by atoms with van der Waals surface area (Å²) in [5, 5.41) is 12.4. The first-order valence-corrected chi connectivity index (χ1v) is 6.14. The molecule has 2 rings (SSSR count). The van der Waals surface area contributed by atoms with Gasteiger partial charge in [-0.25, -0.2) is 0 Å². The molecule has 0 saturated heterocycles. The number of aliphatic carboxylic acids is 1. The van der Waals surface area contributed by atoms with Crippen molar-refractivity contribution < 1.29 is 9.90 Å². The molecule has 0 amide bonds. The van der Waals surface area contributed by atoms with Gasteiger partial charge in [-0.3, -0.25) is 4.79 Å². The summed E-state index contributed by atoms with van der Waals surface area (Å²) in [5.74, 6) is -0.844. The molecular weight excluding hydrogens is 234 g/mol. The molecular formula is C10H12ClNO2S. The van der Waals surface area contributed by atoms with Crippen molar-refractivity contribution in [2.45, 2.75) is 24.6 Å². The molecule has 1 aromatic rings. The molecule has 3 nitrogen and oxygen atoms in total. The minimum Gasteiger partial charge on any atom is -0.480 e. The zero-order valence-electron chi connectivity index (χ0n) is 8.12. The summed E-state index contributed by atoms with van der Waals surface area (Å²) in [4.78, 5) is 11.7. The molecule has 0 aliphatic heterocycles. The van der Waals surface area contributed by atoms with Gasteiger partial charge in [0.2, 0.25) is 0 Å². The molecule has 1 aliphatic rings. The molecule has 15 heavy (non-hydrogen) atoms. The van der Waals surface area contributed by atoms with Crippen molar-refractivity contribution in [1.82, 2.24) is 0 Å². The van der Waals surface area contributed by atoms with Crippen LogP contribution in [0.4, 0.5) is 5.00 Å². The molecule has 82 valence electrons. The molecule has 0 saturated carbocycles. The molecule has 1 aliphatic carbocycles. The number of thiophene rings is 1.